The first-order valence-electron chi connectivity index (χ1n) is 10.7. The van der Waals surface area contributed by atoms with Crippen LogP contribution in [0.4, 0.5) is 20.7 Å². The fourth-order valence-corrected chi connectivity index (χ4v) is 4.11. The molecule has 10 nitrogen and oxygen atoms in total. The zero-order valence-electron chi connectivity index (χ0n) is 19.4. The van der Waals surface area contributed by atoms with Crippen molar-refractivity contribution in [3.05, 3.63) is 36.4 Å². The fourth-order valence-electron chi connectivity index (χ4n) is 3.47. The maximum atomic E-state index is 14.8. The number of nitrogens with zero attached hydrogens (tertiary/aromatic N) is 4. The van der Waals surface area contributed by atoms with E-state index in [4.69, 9.17) is 9.47 Å². The van der Waals surface area contributed by atoms with E-state index in [2.05, 4.69) is 9.97 Å². The molecule has 2 amide bonds. The van der Waals surface area contributed by atoms with Crippen LogP contribution in [0.3, 0.4) is 0 Å². The van der Waals surface area contributed by atoms with Crippen LogP contribution in [0.15, 0.2) is 35.5 Å². The minimum absolute atomic E-state index is 0.0708. The van der Waals surface area contributed by atoms with Gasteiger partial charge in [-0.15, -0.1) is 0 Å². The second-order valence-electron chi connectivity index (χ2n) is 8.19. The molecule has 1 aromatic carbocycles. The van der Waals surface area contributed by atoms with Crippen LogP contribution in [0.5, 0.6) is 5.88 Å². The molecule has 2 aromatic rings. The number of piperidine rings is 1. The van der Waals surface area contributed by atoms with Crippen LogP contribution in [-0.4, -0.2) is 66.8 Å². The number of carbonyl (C=O) groups is 2. The third-order valence-electron chi connectivity index (χ3n) is 5.08. The Kier molecular flexibility index (Phi) is 7.70. The summed E-state index contributed by atoms with van der Waals surface area (Å²) in [5.41, 5.74) is -0.151. The molecule has 184 valence electrons. The zero-order valence-corrected chi connectivity index (χ0v) is 20.2. The third-order valence-corrected chi connectivity index (χ3v) is 6.19. The van der Waals surface area contributed by atoms with Gasteiger partial charge in [0.05, 0.1) is 16.7 Å². The van der Waals surface area contributed by atoms with Gasteiger partial charge in [-0.1, -0.05) is 0 Å². The van der Waals surface area contributed by atoms with Gasteiger partial charge in [-0.2, -0.15) is 0 Å². The molecule has 0 radical (unpaired) electrons. The minimum Gasteiger partial charge on any atom is -0.474 e. The lowest BCUT2D eigenvalue weighted by Gasteiger charge is -2.31. The standard InChI is InChI=1S/C22H27FN4O6S/c1-14(2)32-22(29)26-9-7-16(8-10-26)33-21-12-20(24-13-25-21)27(15(3)28)19-6-5-17(11-18(19)23)34(4,30)31/h5-6,11-14,16H,7-10H2,1-4H3. The summed E-state index contributed by atoms with van der Waals surface area (Å²) in [6.45, 7) is 5.74. The van der Waals surface area contributed by atoms with Gasteiger partial charge in [-0.3, -0.25) is 9.69 Å². The molecule has 12 heteroatoms. The van der Waals surface area contributed by atoms with Crippen molar-refractivity contribution in [2.75, 3.05) is 24.2 Å². The Morgan fingerprint density at radius 3 is 2.41 bits per heavy atom. The van der Waals surface area contributed by atoms with Crippen LogP contribution in [-0.2, 0) is 19.4 Å². The van der Waals surface area contributed by atoms with Gasteiger partial charge >= 0.3 is 6.09 Å². The number of benzene rings is 1. The second kappa shape index (κ2) is 10.3. The fraction of sp³-hybridized carbons (Fsp3) is 0.455. The van der Waals surface area contributed by atoms with Crippen molar-refractivity contribution >= 4 is 33.3 Å². The van der Waals surface area contributed by atoms with Crippen LogP contribution in [0.1, 0.15) is 33.6 Å². The number of ether oxygens (including phenoxy) is 2. The van der Waals surface area contributed by atoms with Crippen LogP contribution in [0.2, 0.25) is 0 Å². The van der Waals surface area contributed by atoms with E-state index in [1.54, 1.807) is 18.7 Å². The van der Waals surface area contributed by atoms with Gasteiger partial charge in [0.15, 0.2) is 9.84 Å². The second-order valence-corrected chi connectivity index (χ2v) is 10.2. The van der Waals surface area contributed by atoms with Crippen molar-refractivity contribution in [3.63, 3.8) is 0 Å². The van der Waals surface area contributed by atoms with Crippen molar-refractivity contribution < 1.29 is 31.9 Å². The van der Waals surface area contributed by atoms with Crippen LogP contribution < -0.4 is 9.64 Å². The normalized spacial score (nSPS) is 14.7. The summed E-state index contributed by atoms with van der Waals surface area (Å²) in [5, 5.41) is 0. The van der Waals surface area contributed by atoms with Crippen molar-refractivity contribution in [3.8, 4) is 5.88 Å². The van der Waals surface area contributed by atoms with E-state index in [1.165, 1.54) is 31.5 Å². The van der Waals surface area contributed by atoms with Gasteiger partial charge < -0.3 is 14.4 Å². The Bertz CT molecular complexity index is 1170. The SMILES string of the molecule is CC(=O)N(c1cc(OC2CCN(C(=O)OC(C)C)CC2)ncn1)c1ccc(S(C)(=O)=O)cc1F. The lowest BCUT2D eigenvalue weighted by atomic mass is 10.1. The molecule has 0 N–H and O–H groups in total. The highest BCUT2D eigenvalue weighted by atomic mass is 32.2. The topological polar surface area (TPSA) is 119 Å². The molecule has 1 saturated heterocycles. The van der Waals surface area contributed by atoms with Crippen molar-refractivity contribution in [2.45, 2.75) is 50.7 Å². The first kappa shape index (κ1) is 25.3. The highest BCUT2D eigenvalue weighted by Gasteiger charge is 2.27. The largest absolute Gasteiger partial charge is 0.474 e. The summed E-state index contributed by atoms with van der Waals surface area (Å²) in [5.74, 6) is -1.17. The Morgan fingerprint density at radius 2 is 1.85 bits per heavy atom. The number of aromatic nitrogens is 2. The number of amides is 2. The monoisotopic (exact) mass is 494 g/mol. The Balaban J connectivity index is 1.75. The molecule has 1 aromatic heterocycles. The van der Waals surface area contributed by atoms with E-state index in [0.717, 1.165) is 17.2 Å². The smallest absolute Gasteiger partial charge is 0.410 e. The summed E-state index contributed by atoms with van der Waals surface area (Å²) >= 11 is 0. The number of hydrogen-bond acceptors (Lipinski definition) is 8. The predicted octanol–water partition coefficient (Wildman–Crippen LogP) is 3.09. The lowest BCUT2D eigenvalue weighted by molar-refractivity contribution is -0.115. The number of hydrogen-bond donors (Lipinski definition) is 0. The summed E-state index contributed by atoms with van der Waals surface area (Å²) in [4.78, 5) is 35.0. The van der Waals surface area contributed by atoms with E-state index < -0.39 is 21.6 Å². The predicted molar refractivity (Wildman–Crippen MR) is 121 cm³/mol. The van der Waals surface area contributed by atoms with Crippen LogP contribution in [0, 0.1) is 5.82 Å². The quantitative estimate of drug-likeness (QED) is 0.601. The number of sulfone groups is 1. The molecule has 0 atom stereocenters. The maximum Gasteiger partial charge on any atom is 0.410 e. The van der Waals surface area contributed by atoms with Gasteiger partial charge in [-0.05, 0) is 32.0 Å². The van der Waals surface area contributed by atoms with E-state index in [-0.39, 0.29) is 40.6 Å². The number of anilines is 2. The Morgan fingerprint density at radius 1 is 1.18 bits per heavy atom. The van der Waals surface area contributed by atoms with Gasteiger partial charge in [0.2, 0.25) is 11.8 Å². The number of carbonyl (C=O) groups excluding carboxylic acids is 2. The Hall–Kier alpha value is -3.28. The highest BCUT2D eigenvalue weighted by Crippen LogP contribution is 2.30. The number of halogens is 1. The van der Waals surface area contributed by atoms with E-state index in [1.807, 2.05) is 0 Å². The van der Waals surface area contributed by atoms with Crippen molar-refractivity contribution in [2.24, 2.45) is 0 Å². The zero-order chi connectivity index (χ0) is 25.0. The summed E-state index contributed by atoms with van der Waals surface area (Å²) in [6.07, 6.45) is 2.50. The van der Waals surface area contributed by atoms with Crippen molar-refractivity contribution in [1.29, 1.82) is 0 Å². The molecule has 1 fully saturated rings. The maximum absolute atomic E-state index is 14.8. The lowest BCUT2D eigenvalue weighted by Crippen LogP contribution is -2.42. The summed E-state index contributed by atoms with van der Waals surface area (Å²) in [6, 6.07) is 4.70. The van der Waals surface area contributed by atoms with Gasteiger partial charge in [0.1, 0.15) is 24.1 Å². The Labute approximate surface area is 197 Å². The van der Waals surface area contributed by atoms with Gasteiger partial charge in [0.25, 0.3) is 0 Å². The van der Waals surface area contributed by atoms with Crippen LogP contribution >= 0.6 is 0 Å². The summed E-state index contributed by atoms with van der Waals surface area (Å²) in [7, 11) is -3.61. The molecule has 1 aliphatic heterocycles. The van der Waals surface area contributed by atoms with Crippen LogP contribution in [0.25, 0.3) is 0 Å². The van der Waals surface area contributed by atoms with E-state index >= 15 is 0 Å². The van der Waals surface area contributed by atoms with Gasteiger partial charge in [0, 0.05) is 45.2 Å². The summed E-state index contributed by atoms with van der Waals surface area (Å²) < 4.78 is 49.3. The minimum atomic E-state index is -3.61. The molecule has 0 spiro atoms. The van der Waals surface area contributed by atoms with E-state index in [0.29, 0.717) is 25.9 Å². The molecular weight excluding hydrogens is 467 g/mol. The molecule has 3 rings (SSSR count). The average molecular weight is 495 g/mol. The molecule has 34 heavy (non-hydrogen) atoms. The molecule has 0 aliphatic carbocycles. The van der Waals surface area contributed by atoms with E-state index in [9.17, 15) is 22.4 Å². The number of likely N-dealkylation sites (tertiary alicyclic amines) is 1. The van der Waals surface area contributed by atoms with Crippen molar-refractivity contribution in [1.82, 2.24) is 14.9 Å². The molecule has 1 aliphatic rings. The number of rotatable bonds is 6. The third kappa shape index (κ3) is 6.19. The highest BCUT2D eigenvalue weighted by molar-refractivity contribution is 7.90. The molecule has 0 unspecified atom stereocenters. The molecular formula is C22H27FN4O6S. The average Bonchev–Trinajstić information content (AvgIpc) is 2.74. The first-order valence-corrected chi connectivity index (χ1v) is 12.6. The molecule has 0 bridgehead atoms. The first-order chi connectivity index (χ1) is 16.0. The molecule has 2 heterocycles. The van der Waals surface area contributed by atoms with Gasteiger partial charge in [-0.25, -0.2) is 27.6 Å². The molecule has 0 saturated carbocycles.